The van der Waals surface area contributed by atoms with Crippen LogP contribution >= 0.6 is 23.5 Å². The fourth-order valence-corrected chi connectivity index (χ4v) is 4.89. The van der Waals surface area contributed by atoms with Gasteiger partial charge in [-0.15, -0.1) is 0 Å². The summed E-state index contributed by atoms with van der Waals surface area (Å²) in [7, 11) is 0. The number of hydrogen-bond acceptors (Lipinski definition) is 7. The van der Waals surface area contributed by atoms with Gasteiger partial charge in [0.05, 0.1) is 30.2 Å². The molecule has 2 aliphatic heterocycles. The van der Waals surface area contributed by atoms with Crippen LogP contribution in [0.1, 0.15) is 13.3 Å². The van der Waals surface area contributed by atoms with E-state index in [1.807, 2.05) is 0 Å². The van der Waals surface area contributed by atoms with Gasteiger partial charge < -0.3 is 10.1 Å². The molecule has 1 aromatic rings. The van der Waals surface area contributed by atoms with Crippen molar-refractivity contribution in [3.05, 3.63) is 24.3 Å². The number of para-hydroxylation sites is 2. The predicted molar refractivity (Wildman–Crippen MR) is 110 cm³/mol. The summed E-state index contributed by atoms with van der Waals surface area (Å²) in [5.74, 6) is -3.79. The maximum absolute atomic E-state index is 13.7. The number of nitrogens with zero attached hydrogens (tertiary/aromatic N) is 2. The van der Waals surface area contributed by atoms with Gasteiger partial charge in [0.25, 0.3) is 5.91 Å². The maximum Gasteiger partial charge on any atom is 0.409 e. The second-order valence-electron chi connectivity index (χ2n) is 6.35. The van der Waals surface area contributed by atoms with E-state index in [0.717, 1.165) is 23.5 Å². The Bertz CT molecular complexity index is 954. The van der Waals surface area contributed by atoms with E-state index < -0.39 is 53.3 Å². The number of hydrogen-bond donors (Lipinski definition) is 1. The third kappa shape index (κ3) is 5.21. The minimum absolute atomic E-state index is 0.0735. The van der Waals surface area contributed by atoms with Crippen molar-refractivity contribution in [3.8, 4) is 0 Å². The number of anilines is 2. The highest BCUT2D eigenvalue weighted by Crippen LogP contribution is 2.38. The number of ether oxygens (including phenoxy) is 1. The molecule has 0 saturated carbocycles. The molecule has 0 bridgehead atoms. The van der Waals surface area contributed by atoms with Crippen molar-refractivity contribution in [2.24, 2.45) is 4.99 Å². The number of carbonyl (C=O) groups is 4. The first-order chi connectivity index (χ1) is 14.6. The highest BCUT2D eigenvalue weighted by Gasteiger charge is 2.49. The lowest BCUT2D eigenvalue weighted by Crippen LogP contribution is -2.50. The number of fused-ring (bicyclic) bond motifs is 1. The summed E-state index contributed by atoms with van der Waals surface area (Å²) in [5, 5.41) is 1.19. The number of rotatable bonds is 4. The van der Waals surface area contributed by atoms with Crippen LogP contribution in [-0.2, 0) is 23.9 Å². The van der Waals surface area contributed by atoms with Gasteiger partial charge >= 0.3 is 12.1 Å². The normalized spacial score (nSPS) is 21.2. The van der Waals surface area contributed by atoms with Crippen LogP contribution < -0.4 is 10.2 Å². The van der Waals surface area contributed by atoms with Crippen molar-refractivity contribution < 1.29 is 37.1 Å². The largest absolute Gasteiger partial charge is 0.465 e. The Balaban J connectivity index is 1.79. The first-order valence-corrected chi connectivity index (χ1v) is 10.8. The predicted octanol–water partition coefficient (Wildman–Crippen LogP) is 2.59. The number of nitrogens with one attached hydrogen (secondary N) is 1. The second-order valence-corrected chi connectivity index (χ2v) is 8.66. The zero-order valence-electron chi connectivity index (χ0n) is 16.0. The number of carbonyl (C=O) groups excluding carboxylic acids is 4. The van der Waals surface area contributed by atoms with Crippen molar-refractivity contribution in [1.82, 2.24) is 0 Å². The molecule has 0 fully saturated rings. The van der Waals surface area contributed by atoms with Crippen LogP contribution in [-0.4, -0.2) is 57.9 Å². The lowest BCUT2D eigenvalue weighted by Gasteiger charge is -2.31. The summed E-state index contributed by atoms with van der Waals surface area (Å²) in [6.45, 7) is 1.65. The fourth-order valence-electron chi connectivity index (χ4n) is 2.95. The van der Waals surface area contributed by atoms with Crippen molar-refractivity contribution >= 4 is 63.0 Å². The summed E-state index contributed by atoms with van der Waals surface area (Å²) >= 11 is 1.53. The van der Waals surface area contributed by atoms with E-state index in [-0.39, 0.29) is 22.4 Å². The molecule has 8 nitrogen and oxygen atoms in total. The van der Waals surface area contributed by atoms with Gasteiger partial charge in [-0.2, -0.15) is 18.2 Å². The van der Waals surface area contributed by atoms with E-state index >= 15 is 0 Å². The third-order valence-electron chi connectivity index (χ3n) is 4.24. The Labute approximate surface area is 183 Å². The van der Waals surface area contributed by atoms with Gasteiger partial charge in [-0.25, -0.2) is 0 Å². The smallest absolute Gasteiger partial charge is 0.409 e. The second kappa shape index (κ2) is 9.30. The summed E-state index contributed by atoms with van der Waals surface area (Å²) in [4.78, 5) is 52.7. The van der Waals surface area contributed by atoms with Gasteiger partial charge in [0.15, 0.2) is 5.25 Å². The SMILES string of the molecule is CCOC(=O)[C@H]1SC(SCC(=O)N2c3ccccc3NC(=O)C[C@H]2C(F)(F)F)=NC1=O. The molecular formula is C18H16F3N3O5S2. The Hall–Kier alpha value is -2.54. The van der Waals surface area contributed by atoms with Crippen molar-refractivity contribution in [3.63, 3.8) is 0 Å². The molecule has 0 spiro atoms. The molecule has 1 N–H and O–H groups in total. The van der Waals surface area contributed by atoms with Crippen LogP contribution in [0.5, 0.6) is 0 Å². The summed E-state index contributed by atoms with van der Waals surface area (Å²) in [5.41, 5.74) is 0.00509. The molecule has 0 aliphatic carbocycles. The molecule has 31 heavy (non-hydrogen) atoms. The Morgan fingerprint density at radius 3 is 2.71 bits per heavy atom. The van der Waals surface area contributed by atoms with Crippen LogP contribution in [0.2, 0.25) is 0 Å². The first-order valence-electron chi connectivity index (χ1n) is 8.98. The molecular weight excluding hydrogens is 459 g/mol. The molecule has 2 aliphatic rings. The zero-order chi connectivity index (χ0) is 22.8. The number of amides is 3. The van der Waals surface area contributed by atoms with Gasteiger partial charge in [0, 0.05) is 0 Å². The molecule has 0 saturated heterocycles. The minimum Gasteiger partial charge on any atom is -0.465 e. The van der Waals surface area contributed by atoms with Crippen molar-refractivity contribution in [2.75, 3.05) is 22.6 Å². The average molecular weight is 475 g/mol. The molecule has 166 valence electrons. The van der Waals surface area contributed by atoms with Gasteiger partial charge in [0.2, 0.25) is 11.8 Å². The quantitative estimate of drug-likeness (QED) is 0.527. The molecule has 0 unspecified atom stereocenters. The van der Waals surface area contributed by atoms with E-state index in [1.54, 1.807) is 6.92 Å². The lowest BCUT2D eigenvalue weighted by molar-refractivity contribution is -0.157. The van der Waals surface area contributed by atoms with Gasteiger partial charge in [-0.3, -0.25) is 24.1 Å². The molecule has 1 aromatic carbocycles. The van der Waals surface area contributed by atoms with E-state index in [1.165, 1.54) is 24.3 Å². The standard InChI is InChI=1S/C18H16F3N3O5S2/c1-2-29-16(28)14-15(27)23-17(31-14)30-8-13(26)24-10-6-4-3-5-9(10)22-12(25)7-11(24)18(19,20)21/h3-6,11,14H,2,7-8H2,1H3,(H,22,25)/t11-,14-/m0/s1. The number of thioether (sulfide) groups is 2. The van der Waals surface area contributed by atoms with E-state index in [9.17, 15) is 32.3 Å². The highest BCUT2D eigenvalue weighted by molar-refractivity contribution is 8.40. The highest BCUT2D eigenvalue weighted by atomic mass is 32.2. The molecule has 0 aromatic heterocycles. The molecule has 3 amide bonds. The molecule has 3 rings (SSSR count). The van der Waals surface area contributed by atoms with E-state index in [4.69, 9.17) is 4.74 Å². The van der Waals surface area contributed by atoms with E-state index in [2.05, 4.69) is 10.3 Å². The average Bonchev–Trinajstić information content (AvgIpc) is 2.98. The molecule has 2 atom stereocenters. The Morgan fingerprint density at radius 1 is 1.32 bits per heavy atom. The fraction of sp³-hybridized carbons (Fsp3) is 0.389. The minimum atomic E-state index is -4.85. The number of halogens is 3. The van der Waals surface area contributed by atoms with Gasteiger partial charge in [-0.05, 0) is 19.1 Å². The molecule has 0 radical (unpaired) electrons. The van der Waals surface area contributed by atoms with Crippen LogP contribution in [0.25, 0.3) is 0 Å². The monoisotopic (exact) mass is 475 g/mol. The topological polar surface area (TPSA) is 105 Å². The molecule has 13 heteroatoms. The summed E-state index contributed by atoms with van der Waals surface area (Å²) in [6.07, 6.45) is -5.80. The number of aliphatic imine (C=N–C) groups is 1. The van der Waals surface area contributed by atoms with Crippen LogP contribution in [0, 0.1) is 0 Å². The summed E-state index contributed by atoms with van der Waals surface area (Å²) in [6, 6.07) is 3.34. The van der Waals surface area contributed by atoms with Crippen molar-refractivity contribution in [2.45, 2.75) is 30.8 Å². The lowest BCUT2D eigenvalue weighted by atomic mass is 10.1. The number of esters is 1. The van der Waals surface area contributed by atoms with E-state index in [0.29, 0.717) is 4.90 Å². The maximum atomic E-state index is 13.7. The number of alkyl halides is 3. The van der Waals surface area contributed by atoms with Crippen LogP contribution in [0.15, 0.2) is 29.3 Å². The Morgan fingerprint density at radius 2 is 2.03 bits per heavy atom. The number of benzene rings is 1. The van der Waals surface area contributed by atoms with Gasteiger partial charge in [0.1, 0.15) is 10.4 Å². The Kier molecular flexibility index (Phi) is 6.94. The third-order valence-corrected chi connectivity index (χ3v) is 6.53. The van der Waals surface area contributed by atoms with Crippen LogP contribution in [0.4, 0.5) is 24.5 Å². The van der Waals surface area contributed by atoms with Gasteiger partial charge in [-0.1, -0.05) is 35.7 Å². The molecule has 2 heterocycles. The van der Waals surface area contributed by atoms with Crippen molar-refractivity contribution in [1.29, 1.82) is 0 Å². The summed E-state index contributed by atoms with van der Waals surface area (Å²) < 4.78 is 46.0. The zero-order valence-corrected chi connectivity index (χ0v) is 17.6. The first kappa shape index (κ1) is 23.1. The van der Waals surface area contributed by atoms with Crippen LogP contribution in [0.3, 0.4) is 0 Å².